The third-order valence-electron chi connectivity index (χ3n) is 1.31. The lowest BCUT2D eigenvalue weighted by Gasteiger charge is -2.10. The SMILES string of the molecule is [O-][NH+](F)c1ccc(OC(F)(F)F)cc1. The number of rotatable bonds is 2. The third kappa shape index (κ3) is 3.19. The predicted molar refractivity (Wildman–Crippen MR) is 38.2 cm³/mol. The number of hydrogen-bond donors (Lipinski definition) is 1. The first kappa shape index (κ1) is 10.7. The number of ether oxygens (including phenoxy) is 1. The zero-order valence-electron chi connectivity index (χ0n) is 6.64. The average molecular weight is 211 g/mol. The quantitative estimate of drug-likeness (QED) is 0.457. The van der Waals surface area contributed by atoms with Crippen molar-refractivity contribution in [1.82, 2.24) is 0 Å². The molecule has 7 heteroatoms. The number of nitrogens with one attached hydrogen (secondary N) is 1. The van der Waals surface area contributed by atoms with Crippen molar-refractivity contribution in [2.75, 3.05) is 0 Å². The Kier molecular flexibility index (Phi) is 2.92. The van der Waals surface area contributed by atoms with Crippen LogP contribution >= 0.6 is 0 Å². The molecule has 0 spiro atoms. The van der Waals surface area contributed by atoms with Crippen molar-refractivity contribution in [3.05, 3.63) is 29.5 Å². The maximum absolute atomic E-state index is 12.0. The molecule has 0 fully saturated rings. The molecule has 0 bridgehead atoms. The number of hydrogen-bond acceptors (Lipinski definition) is 2. The van der Waals surface area contributed by atoms with Crippen molar-refractivity contribution in [2.45, 2.75) is 6.36 Å². The van der Waals surface area contributed by atoms with E-state index in [1.807, 2.05) is 0 Å². The fraction of sp³-hybridized carbons (Fsp3) is 0.143. The lowest BCUT2D eigenvalue weighted by Crippen LogP contribution is -2.93. The predicted octanol–water partition coefficient (Wildman–Crippen LogP) is 1.48. The Morgan fingerprint density at radius 3 is 2.00 bits per heavy atom. The van der Waals surface area contributed by atoms with Crippen LogP contribution < -0.4 is 10.0 Å². The van der Waals surface area contributed by atoms with Crippen LogP contribution in [0.25, 0.3) is 0 Å². The minimum Gasteiger partial charge on any atom is -0.589 e. The molecule has 1 rings (SSSR count). The van der Waals surface area contributed by atoms with E-state index in [1.54, 1.807) is 0 Å². The van der Waals surface area contributed by atoms with E-state index >= 15 is 0 Å². The van der Waals surface area contributed by atoms with Gasteiger partial charge in [0.25, 0.3) is 0 Å². The lowest BCUT2D eigenvalue weighted by molar-refractivity contribution is -0.935. The van der Waals surface area contributed by atoms with Crippen LogP contribution in [0.3, 0.4) is 0 Å². The Balaban J connectivity index is 2.74. The van der Waals surface area contributed by atoms with E-state index in [1.165, 1.54) is 0 Å². The second-order valence-corrected chi connectivity index (χ2v) is 2.35. The molecule has 0 saturated carbocycles. The van der Waals surface area contributed by atoms with Crippen molar-refractivity contribution >= 4 is 5.69 Å². The van der Waals surface area contributed by atoms with Gasteiger partial charge in [-0.1, -0.05) is 0 Å². The fourth-order valence-corrected chi connectivity index (χ4v) is 0.788. The Hall–Kier alpha value is -1.34. The first-order valence-corrected chi connectivity index (χ1v) is 3.44. The normalized spacial score (nSPS) is 13.8. The second kappa shape index (κ2) is 3.81. The van der Waals surface area contributed by atoms with Crippen LogP contribution in [-0.4, -0.2) is 6.36 Å². The molecule has 0 radical (unpaired) electrons. The van der Waals surface area contributed by atoms with Crippen LogP contribution in [-0.2, 0) is 0 Å². The van der Waals surface area contributed by atoms with E-state index in [9.17, 15) is 22.9 Å². The van der Waals surface area contributed by atoms with E-state index in [-0.39, 0.29) is 5.69 Å². The van der Waals surface area contributed by atoms with Crippen LogP contribution in [0.5, 0.6) is 5.75 Å². The van der Waals surface area contributed by atoms with E-state index in [4.69, 9.17) is 0 Å². The van der Waals surface area contributed by atoms with E-state index in [0.717, 1.165) is 24.3 Å². The van der Waals surface area contributed by atoms with Crippen molar-refractivity contribution in [1.29, 1.82) is 0 Å². The van der Waals surface area contributed by atoms with Crippen LogP contribution in [0.1, 0.15) is 0 Å². The Morgan fingerprint density at radius 1 is 1.14 bits per heavy atom. The van der Waals surface area contributed by atoms with Gasteiger partial charge in [0, 0.05) is 16.6 Å². The Labute approximate surface area is 76.0 Å². The van der Waals surface area contributed by atoms with Gasteiger partial charge in [-0.15, -0.1) is 18.5 Å². The molecule has 1 aromatic carbocycles. The average Bonchev–Trinajstić information content (AvgIpc) is 2.02. The van der Waals surface area contributed by atoms with Gasteiger partial charge >= 0.3 is 6.36 Å². The minimum absolute atomic E-state index is 0.320. The summed E-state index contributed by atoms with van der Waals surface area (Å²) in [7, 11) is 0. The molecule has 0 aliphatic heterocycles. The van der Waals surface area contributed by atoms with Gasteiger partial charge in [-0.2, -0.15) is 0 Å². The van der Waals surface area contributed by atoms with Crippen LogP contribution in [0.2, 0.25) is 0 Å². The van der Waals surface area contributed by atoms with Crippen molar-refractivity contribution in [2.24, 2.45) is 0 Å². The van der Waals surface area contributed by atoms with E-state index < -0.39 is 17.4 Å². The minimum atomic E-state index is -4.79. The van der Waals surface area contributed by atoms with Gasteiger partial charge in [-0.25, -0.2) is 0 Å². The van der Waals surface area contributed by atoms with E-state index in [2.05, 4.69) is 4.74 Å². The molecular formula is C7H5F4NO2. The molecule has 14 heavy (non-hydrogen) atoms. The summed E-state index contributed by atoms with van der Waals surface area (Å²) in [5.41, 5.74) is -0.320. The summed E-state index contributed by atoms with van der Waals surface area (Å²) in [5, 5.41) is 8.41. The molecule has 1 aromatic rings. The molecule has 1 N–H and O–H groups in total. The highest BCUT2D eigenvalue weighted by Crippen LogP contribution is 2.22. The van der Waals surface area contributed by atoms with Crippen molar-refractivity contribution in [3.8, 4) is 5.75 Å². The van der Waals surface area contributed by atoms with Gasteiger partial charge in [0.2, 0.25) is 0 Å². The highest BCUT2D eigenvalue weighted by atomic mass is 19.4. The van der Waals surface area contributed by atoms with Gasteiger partial charge in [0.15, 0.2) is 5.69 Å². The summed E-state index contributed by atoms with van der Waals surface area (Å²) in [6.45, 7) is 0. The van der Waals surface area contributed by atoms with Crippen molar-refractivity contribution < 1.29 is 27.7 Å². The standard InChI is InChI=1S/C7H5F4NO2/c8-7(9,10)14-6-3-1-5(2-4-6)12(11)13/h1-4,12H. The zero-order chi connectivity index (χ0) is 10.8. The zero-order valence-corrected chi connectivity index (χ0v) is 6.64. The fourth-order valence-electron chi connectivity index (χ4n) is 0.788. The number of alkyl halides is 3. The van der Waals surface area contributed by atoms with Gasteiger partial charge in [-0.3, -0.25) is 0 Å². The Bertz CT molecular complexity index is 296. The molecule has 78 valence electrons. The maximum Gasteiger partial charge on any atom is 0.573 e. The summed E-state index contributed by atoms with van der Waals surface area (Å²) in [4.78, 5) is 0. The summed E-state index contributed by atoms with van der Waals surface area (Å²) in [6.07, 6.45) is -4.79. The van der Waals surface area contributed by atoms with E-state index in [0.29, 0.717) is 0 Å². The molecule has 0 aliphatic rings. The monoisotopic (exact) mass is 211 g/mol. The second-order valence-electron chi connectivity index (χ2n) is 2.35. The molecule has 1 unspecified atom stereocenters. The highest BCUT2D eigenvalue weighted by Gasteiger charge is 2.31. The first-order valence-electron chi connectivity index (χ1n) is 3.44. The van der Waals surface area contributed by atoms with Crippen molar-refractivity contribution in [3.63, 3.8) is 0 Å². The molecule has 0 aromatic heterocycles. The first-order chi connectivity index (χ1) is 6.38. The third-order valence-corrected chi connectivity index (χ3v) is 1.31. The highest BCUT2D eigenvalue weighted by molar-refractivity contribution is 5.35. The summed E-state index contributed by atoms with van der Waals surface area (Å²) >= 11 is 0. The summed E-state index contributed by atoms with van der Waals surface area (Å²) in [5.74, 6) is -0.498. The van der Waals surface area contributed by atoms with Gasteiger partial charge in [0.1, 0.15) is 5.75 Å². The topological polar surface area (TPSA) is 36.7 Å². The van der Waals surface area contributed by atoms with Gasteiger partial charge < -0.3 is 9.94 Å². The largest absolute Gasteiger partial charge is 0.589 e. The Morgan fingerprint density at radius 2 is 1.64 bits per heavy atom. The van der Waals surface area contributed by atoms with Crippen LogP contribution in [0, 0.1) is 5.21 Å². The molecule has 0 heterocycles. The molecule has 1 atom stereocenters. The smallest absolute Gasteiger partial charge is 0.573 e. The summed E-state index contributed by atoms with van der Waals surface area (Å²) in [6, 6.07) is 3.54. The summed E-state index contributed by atoms with van der Waals surface area (Å²) < 4.78 is 50.4. The molecule has 0 aliphatic carbocycles. The molecule has 0 amide bonds. The van der Waals surface area contributed by atoms with Crippen LogP contribution in [0.4, 0.5) is 23.3 Å². The van der Waals surface area contributed by atoms with Crippen LogP contribution in [0.15, 0.2) is 24.3 Å². The maximum atomic E-state index is 12.0. The van der Waals surface area contributed by atoms with Gasteiger partial charge in [-0.05, 0) is 12.1 Å². The molecular weight excluding hydrogens is 206 g/mol. The number of quaternary nitrogens is 1. The lowest BCUT2D eigenvalue weighted by atomic mass is 10.3. The molecule has 3 nitrogen and oxygen atoms in total. The van der Waals surface area contributed by atoms with Gasteiger partial charge in [0.05, 0.1) is 0 Å². The number of benzene rings is 1. The number of halogens is 4. The molecule has 0 saturated heterocycles.